The van der Waals surface area contributed by atoms with Gasteiger partial charge < -0.3 is 15.4 Å². The first-order chi connectivity index (χ1) is 12.2. The van der Waals surface area contributed by atoms with Crippen molar-refractivity contribution in [3.63, 3.8) is 0 Å². The molecule has 1 aliphatic heterocycles. The molecule has 1 fully saturated rings. The van der Waals surface area contributed by atoms with Crippen molar-refractivity contribution < 1.29 is 4.74 Å². The normalized spacial score (nSPS) is 17.3. The number of benzene rings is 1. The van der Waals surface area contributed by atoms with Crippen molar-refractivity contribution >= 4 is 29.9 Å². The van der Waals surface area contributed by atoms with Gasteiger partial charge in [0.05, 0.1) is 19.7 Å². The van der Waals surface area contributed by atoms with Gasteiger partial charge in [-0.2, -0.15) is 0 Å². The molecule has 2 unspecified atom stereocenters. The number of para-hydroxylation sites is 1. The number of hydrogen-bond acceptors (Lipinski definition) is 3. The summed E-state index contributed by atoms with van der Waals surface area (Å²) in [6.07, 6.45) is 3.60. The van der Waals surface area contributed by atoms with E-state index >= 15 is 0 Å². The summed E-state index contributed by atoms with van der Waals surface area (Å²) in [5.74, 6) is 1.85. The Morgan fingerprint density at radius 2 is 1.92 bits per heavy atom. The number of ether oxygens (including phenoxy) is 1. The molecule has 0 spiro atoms. The maximum atomic E-state index is 5.62. The van der Waals surface area contributed by atoms with Crippen LogP contribution in [-0.4, -0.2) is 50.2 Å². The summed E-state index contributed by atoms with van der Waals surface area (Å²) >= 11 is 0. The van der Waals surface area contributed by atoms with Gasteiger partial charge >= 0.3 is 0 Å². The van der Waals surface area contributed by atoms with Crippen molar-refractivity contribution in [1.82, 2.24) is 15.5 Å². The zero-order chi connectivity index (χ0) is 18.1. The molecular weight excluding hydrogens is 439 g/mol. The third-order valence-electron chi connectivity index (χ3n) is 4.84. The summed E-state index contributed by atoms with van der Waals surface area (Å²) in [6.45, 7) is 10.3. The summed E-state index contributed by atoms with van der Waals surface area (Å²) in [6, 6.07) is 9.01. The molecule has 1 aromatic carbocycles. The number of rotatable bonds is 8. The fourth-order valence-corrected chi connectivity index (χ4v) is 3.24. The van der Waals surface area contributed by atoms with E-state index < -0.39 is 0 Å². The maximum absolute atomic E-state index is 5.62. The highest BCUT2D eigenvalue weighted by Crippen LogP contribution is 2.31. The summed E-state index contributed by atoms with van der Waals surface area (Å²) in [5, 5.41) is 6.85. The van der Waals surface area contributed by atoms with Crippen molar-refractivity contribution in [2.75, 3.05) is 33.3 Å². The highest BCUT2D eigenvalue weighted by molar-refractivity contribution is 14.0. The SMILES string of the molecule is CCNC(=NCC(c1ccccc1OC)N1CCCC1)NC(C)CC.I. The van der Waals surface area contributed by atoms with Gasteiger partial charge in [-0.1, -0.05) is 25.1 Å². The standard InChI is InChI=1S/C20H34N4O.HI/c1-5-16(3)23-20(21-6-2)22-15-18(24-13-9-10-14-24)17-11-7-8-12-19(17)25-4;/h7-8,11-12,16,18H,5-6,9-10,13-15H2,1-4H3,(H2,21,22,23);1H. The minimum Gasteiger partial charge on any atom is -0.496 e. The van der Waals surface area contributed by atoms with Gasteiger partial charge in [0.1, 0.15) is 5.75 Å². The fraction of sp³-hybridized carbons (Fsp3) is 0.650. The van der Waals surface area contributed by atoms with E-state index in [2.05, 4.69) is 48.4 Å². The molecule has 0 aliphatic carbocycles. The Bertz CT molecular complexity index is 546. The average molecular weight is 474 g/mol. The van der Waals surface area contributed by atoms with Crippen LogP contribution in [0.2, 0.25) is 0 Å². The fourth-order valence-electron chi connectivity index (χ4n) is 3.24. The highest BCUT2D eigenvalue weighted by atomic mass is 127. The molecule has 2 rings (SSSR count). The number of nitrogens with zero attached hydrogens (tertiary/aromatic N) is 2. The van der Waals surface area contributed by atoms with E-state index in [-0.39, 0.29) is 30.0 Å². The molecule has 2 N–H and O–H groups in total. The van der Waals surface area contributed by atoms with Gasteiger partial charge in [0.15, 0.2) is 5.96 Å². The van der Waals surface area contributed by atoms with Crippen LogP contribution in [-0.2, 0) is 0 Å². The summed E-state index contributed by atoms with van der Waals surface area (Å²) in [5.41, 5.74) is 1.23. The highest BCUT2D eigenvalue weighted by Gasteiger charge is 2.25. The number of methoxy groups -OCH3 is 1. The van der Waals surface area contributed by atoms with Crippen LogP contribution >= 0.6 is 24.0 Å². The molecule has 2 atom stereocenters. The van der Waals surface area contributed by atoms with E-state index in [1.807, 2.05) is 12.1 Å². The molecular formula is C20H35IN4O. The van der Waals surface area contributed by atoms with Crippen molar-refractivity contribution in [3.8, 4) is 5.75 Å². The number of aliphatic imine (C=N–C) groups is 1. The number of likely N-dealkylation sites (tertiary alicyclic amines) is 1. The van der Waals surface area contributed by atoms with E-state index in [0.29, 0.717) is 6.04 Å². The molecule has 5 nitrogen and oxygen atoms in total. The van der Waals surface area contributed by atoms with Crippen LogP contribution in [0.3, 0.4) is 0 Å². The van der Waals surface area contributed by atoms with Crippen LogP contribution < -0.4 is 15.4 Å². The lowest BCUT2D eigenvalue weighted by Gasteiger charge is -2.28. The molecule has 0 saturated carbocycles. The predicted molar refractivity (Wildman–Crippen MR) is 121 cm³/mol. The van der Waals surface area contributed by atoms with Gasteiger partial charge in [-0.3, -0.25) is 9.89 Å². The Balaban J connectivity index is 0.00000338. The smallest absolute Gasteiger partial charge is 0.191 e. The second kappa shape index (κ2) is 12.4. The van der Waals surface area contributed by atoms with E-state index in [4.69, 9.17) is 9.73 Å². The van der Waals surface area contributed by atoms with Crippen LogP contribution in [0.15, 0.2) is 29.3 Å². The molecule has 0 aromatic heterocycles. The Morgan fingerprint density at radius 1 is 1.23 bits per heavy atom. The molecule has 1 saturated heterocycles. The zero-order valence-corrected chi connectivity index (χ0v) is 19.0. The maximum Gasteiger partial charge on any atom is 0.191 e. The average Bonchev–Trinajstić information content (AvgIpc) is 3.16. The lowest BCUT2D eigenvalue weighted by molar-refractivity contribution is 0.245. The van der Waals surface area contributed by atoms with Gasteiger partial charge in [-0.05, 0) is 52.3 Å². The van der Waals surface area contributed by atoms with Crippen LogP contribution in [0, 0.1) is 0 Å². The Hall–Kier alpha value is -1.02. The van der Waals surface area contributed by atoms with E-state index in [1.165, 1.54) is 18.4 Å². The second-order valence-electron chi connectivity index (χ2n) is 6.67. The van der Waals surface area contributed by atoms with Crippen molar-refractivity contribution in [2.45, 2.75) is 52.1 Å². The van der Waals surface area contributed by atoms with E-state index in [0.717, 1.165) is 44.3 Å². The van der Waals surface area contributed by atoms with Crippen molar-refractivity contribution in [1.29, 1.82) is 0 Å². The monoisotopic (exact) mass is 474 g/mol. The van der Waals surface area contributed by atoms with Gasteiger partial charge in [0, 0.05) is 18.2 Å². The van der Waals surface area contributed by atoms with E-state index in [1.54, 1.807) is 7.11 Å². The van der Waals surface area contributed by atoms with Crippen LogP contribution in [0.5, 0.6) is 5.75 Å². The molecule has 1 aromatic rings. The molecule has 148 valence electrons. The Kier molecular flexibility index (Phi) is 11.0. The third-order valence-corrected chi connectivity index (χ3v) is 4.84. The summed E-state index contributed by atoms with van der Waals surface area (Å²) in [4.78, 5) is 7.43. The first-order valence-corrected chi connectivity index (χ1v) is 9.61. The molecule has 1 heterocycles. The molecule has 0 bridgehead atoms. The molecule has 0 amide bonds. The van der Waals surface area contributed by atoms with Crippen molar-refractivity contribution in [3.05, 3.63) is 29.8 Å². The largest absolute Gasteiger partial charge is 0.496 e. The molecule has 0 radical (unpaired) electrons. The summed E-state index contributed by atoms with van der Waals surface area (Å²) < 4.78 is 5.62. The Labute approximate surface area is 176 Å². The lowest BCUT2D eigenvalue weighted by atomic mass is 10.0. The number of halogens is 1. The number of guanidine groups is 1. The third kappa shape index (κ3) is 6.61. The number of hydrogen-bond donors (Lipinski definition) is 2. The predicted octanol–water partition coefficient (Wildman–Crippen LogP) is 3.80. The lowest BCUT2D eigenvalue weighted by Crippen LogP contribution is -2.42. The van der Waals surface area contributed by atoms with Crippen LogP contribution in [0.4, 0.5) is 0 Å². The minimum atomic E-state index is 0. The van der Waals surface area contributed by atoms with Gasteiger partial charge in [0.25, 0.3) is 0 Å². The van der Waals surface area contributed by atoms with E-state index in [9.17, 15) is 0 Å². The first-order valence-electron chi connectivity index (χ1n) is 9.61. The summed E-state index contributed by atoms with van der Waals surface area (Å²) in [7, 11) is 1.75. The molecule has 6 heteroatoms. The quantitative estimate of drug-likeness (QED) is 0.342. The zero-order valence-electron chi connectivity index (χ0n) is 16.6. The van der Waals surface area contributed by atoms with Gasteiger partial charge in [-0.25, -0.2) is 0 Å². The second-order valence-corrected chi connectivity index (χ2v) is 6.67. The number of nitrogens with one attached hydrogen (secondary N) is 2. The van der Waals surface area contributed by atoms with Crippen molar-refractivity contribution in [2.24, 2.45) is 4.99 Å². The van der Waals surface area contributed by atoms with Gasteiger partial charge in [0.2, 0.25) is 0 Å². The Morgan fingerprint density at radius 3 is 2.54 bits per heavy atom. The van der Waals surface area contributed by atoms with Crippen LogP contribution in [0.25, 0.3) is 0 Å². The molecule has 26 heavy (non-hydrogen) atoms. The van der Waals surface area contributed by atoms with Gasteiger partial charge in [-0.15, -0.1) is 24.0 Å². The first kappa shape index (κ1) is 23.0. The topological polar surface area (TPSA) is 48.9 Å². The molecule has 1 aliphatic rings. The van der Waals surface area contributed by atoms with Crippen LogP contribution in [0.1, 0.15) is 51.6 Å². The minimum absolute atomic E-state index is 0.